The molecule has 2 rings (SSSR count). The molecule has 2 aromatic rings. The summed E-state index contributed by atoms with van der Waals surface area (Å²) in [7, 11) is -4.35. The molecule has 21 heavy (non-hydrogen) atoms. The highest BCUT2D eigenvalue weighted by Crippen LogP contribution is 2.29. The summed E-state index contributed by atoms with van der Waals surface area (Å²) in [5.41, 5.74) is -0.473. The highest BCUT2D eigenvalue weighted by Gasteiger charge is 2.24. The van der Waals surface area contributed by atoms with E-state index in [1.54, 1.807) is 0 Å². The SMILES string of the molecule is O=C(O)c1cccc(Br)c1NS(=O)(=O)c1ncccc1F. The van der Waals surface area contributed by atoms with E-state index in [1.807, 2.05) is 4.72 Å². The predicted molar refractivity (Wildman–Crippen MR) is 76.1 cm³/mol. The van der Waals surface area contributed by atoms with Crippen molar-refractivity contribution in [2.24, 2.45) is 0 Å². The van der Waals surface area contributed by atoms with Gasteiger partial charge in [-0.25, -0.2) is 14.2 Å². The first-order chi connectivity index (χ1) is 9.83. The van der Waals surface area contributed by atoms with Crippen LogP contribution in [0.15, 0.2) is 46.0 Å². The maximum Gasteiger partial charge on any atom is 0.337 e. The Morgan fingerprint density at radius 2 is 2.00 bits per heavy atom. The number of nitrogens with zero attached hydrogens (tertiary/aromatic N) is 1. The van der Waals surface area contributed by atoms with Gasteiger partial charge in [-0.2, -0.15) is 8.42 Å². The first-order valence-corrected chi connectivity index (χ1v) is 7.75. The molecule has 0 aliphatic heterocycles. The van der Waals surface area contributed by atoms with Crippen molar-refractivity contribution in [2.75, 3.05) is 4.72 Å². The second kappa shape index (κ2) is 5.78. The smallest absolute Gasteiger partial charge is 0.337 e. The number of carboxylic acid groups (broad SMARTS) is 1. The summed E-state index contributed by atoms with van der Waals surface area (Å²) >= 11 is 3.05. The van der Waals surface area contributed by atoms with Gasteiger partial charge in [-0.3, -0.25) is 4.72 Å². The zero-order valence-corrected chi connectivity index (χ0v) is 12.6. The molecule has 0 unspecified atom stereocenters. The lowest BCUT2D eigenvalue weighted by molar-refractivity contribution is 0.0698. The van der Waals surface area contributed by atoms with Crippen LogP contribution in [0.1, 0.15) is 10.4 Å². The van der Waals surface area contributed by atoms with E-state index in [0.717, 1.165) is 12.3 Å². The number of rotatable bonds is 4. The fraction of sp³-hybridized carbons (Fsp3) is 0. The number of anilines is 1. The Morgan fingerprint density at radius 1 is 1.29 bits per heavy atom. The minimum atomic E-state index is -4.35. The summed E-state index contributed by atoms with van der Waals surface area (Å²) in [6, 6.07) is 6.31. The van der Waals surface area contributed by atoms with Crippen molar-refractivity contribution < 1.29 is 22.7 Å². The fourth-order valence-electron chi connectivity index (χ4n) is 1.56. The van der Waals surface area contributed by atoms with Gasteiger partial charge in [0.15, 0.2) is 5.82 Å². The molecular formula is C12H8BrFN2O4S. The molecule has 1 aromatic heterocycles. The van der Waals surface area contributed by atoms with Crippen molar-refractivity contribution in [2.45, 2.75) is 5.03 Å². The topological polar surface area (TPSA) is 96.4 Å². The van der Waals surface area contributed by atoms with Crippen LogP contribution in [0.2, 0.25) is 0 Å². The van der Waals surface area contributed by atoms with Crippen LogP contribution in [0.25, 0.3) is 0 Å². The predicted octanol–water partition coefficient (Wildman–Crippen LogP) is 2.48. The van der Waals surface area contributed by atoms with Gasteiger partial charge in [-0.05, 0) is 40.2 Å². The van der Waals surface area contributed by atoms with E-state index in [0.29, 0.717) is 0 Å². The first kappa shape index (κ1) is 15.4. The number of nitrogens with one attached hydrogen (secondary N) is 1. The molecule has 9 heteroatoms. The Bertz CT molecular complexity index is 811. The summed E-state index contributed by atoms with van der Waals surface area (Å²) < 4.78 is 40.0. The van der Waals surface area contributed by atoms with Crippen LogP contribution in [0.4, 0.5) is 10.1 Å². The normalized spacial score (nSPS) is 11.1. The van der Waals surface area contributed by atoms with E-state index in [9.17, 15) is 17.6 Å². The molecule has 0 fully saturated rings. The largest absolute Gasteiger partial charge is 0.478 e. The number of benzene rings is 1. The number of halogens is 2. The van der Waals surface area contributed by atoms with Crippen molar-refractivity contribution in [3.63, 3.8) is 0 Å². The maximum absolute atomic E-state index is 13.5. The van der Waals surface area contributed by atoms with Crippen molar-refractivity contribution in [3.05, 3.63) is 52.4 Å². The summed E-state index contributed by atoms with van der Waals surface area (Å²) in [5, 5.41) is 8.26. The van der Waals surface area contributed by atoms with Crippen LogP contribution in [-0.4, -0.2) is 24.5 Å². The molecule has 6 nitrogen and oxygen atoms in total. The summed E-state index contributed by atoms with van der Waals surface area (Å²) in [4.78, 5) is 14.6. The van der Waals surface area contributed by atoms with Gasteiger partial charge in [0.2, 0.25) is 5.03 Å². The monoisotopic (exact) mass is 374 g/mol. The molecular weight excluding hydrogens is 367 g/mol. The second-order valence-corrected chi connectivity index (χ2v) is 6.32. The van der Waals surface area contributed by atoms with Crippen LogP contribution in [0.3, 0.4) is 0 Å². The molecule has 2 N–H and O–H groups in total. The van der Waals surface area contributed by atoms with Crippen LogP contribution in [0.5, 0.6) is 0 Å². The first-order valence-electron chi connectivity index (χ1n) is 5.48. The van der Waals surface area contributed by atoms with Gasteiger partial charge in [-0.15, -0.1) is 0 Å². The number of hydrogen-bond donors (Lipinski definition) is 2. The van der Waals surface area contributed by atoms with Gasteiger partial charge in [0.1, 0.15) is 0 Å². The standard InChI is InChI=1S/C12H8BrFN2O4S/c13-8-4-1-3-7(12(17)18)10(8)16-21(19,20)11-9(14)5-2-6-15-11/h1-6,16H,(H,17,18). The van der Waals surface area contributed by atoms with Crippen molar-refractivity contribution >= 4 is 37.6 Å². The van der Waals surface area contributed by atoms with Gasteiger partial charge < -0.3 is 5.11 Å². The number of pyridine rings is 1. The lowest BCUT2D eigenvalue weighted by Crippen LogP contribution is -2.18. The van der Waals surface area contributed by atoms with E-state index in [-0.39, 0.29) is 15.7 Å². The number of aromatic carboxylic acids is 1. The molecule has 0 bridgehead atoms. The average molecular weight is 375 g/mol. The third-order valence-corrected chi connectivity index (χ3v) is 4.40. The van der Waals surface area contributed by atoms with Gasteiger partial charge in [0.25, 0.3) is 10.0 Å². The lowest BCUT2D eigenvalue weighted by Gasteiger charge is -2.12. The number of para-hydroxylation sites is 1. The van der Waals surface area contributed by atoms with Crippen LogP contribution in [-0.2, 0) is 10.0 Å². The highest BCUT2D eigenvalue weighted by molar-refractivity contribution is 9.10. The average Bonchev–Trinajstić information content (AvgIpc) is 2.41. The second-order valence-electron chi connectivity index (χ2n) is 3.86. The molecule has 0 amide bonds. The number of aromatic nitrogens is 1. The molecule has 0 spiro atoms. The Labute approximate surface area is 127 Å². The Kier molecular flexibility index (Phi) is 4.24. The minimum Gasteiger partial charge on any atom is -0.478 e. The zero-order chi connectivity index (χ0) is 15.6. The van der Waals surface area contributed by atoms with E-state index in [1.165, 1.54) is 24.3 Å². The van der Waals surface area contributed by atoms with Crippen molar-refractivity contribution in [1.82, 2.24) is 4.98 Å². The Balaban J connectivity index is 2.52. The third-order valence-electron chi connectivity index (χ3n) is 2.46. The van der Waals surface area contributed by atoms with Gasteiger partial charge >= 0.3 is 5.97 Å². The highest BCUT2D eigenvalue weighted by atomic mass is 79.9. The molecule has 0 saturated heterocycles. The molecule has 0 aliphatic carbocycles. The molecule has 0 atom stereocenters. The van der Waals surface area contributed by atoms with Crippen molar-refractivity contribution in [3.8, 4) is 0 Å². The maximum atomic E-state index is 13.5. The molecule has 110 valence electrons. The molecule has 0 radical (unpaired) electrons. The zero-order valence-electron chi connectivity index (χ0n) is 10.2. The summed E-state index contributed by atoms with van der Waals surface area (Å²) in [6.45, 7) is 0. The quantitative estimate of drug-likeness (QED) is 0.856. The van der Waals surface area contributed by atoms with Crippen LogP contribution < -0.4 is 4.72 Å². The van der Waals surface area contributed by atoms with Crippen LogP contribution >= 0.6 is 15.9 Å². The Hall–Kier alpha value is -2.00. The van der Waals surface area contributed by atoms with Gasteiger partial charge in [-0.1, -0.05) is 6.07 Å². The van der Waals surface area contributed by atoms with E-state index in [4.69, 9.17) is 5.11 Å². The summed E-state index contributed by atoms with van der Waals surface area (Å²) in [6.07, 6.45) is 1.12. The number of hydrogen-bond acceptors (Lipinski definition) is 4. The van der Waals surface area contributed by atoms with E-state index < -0.39 is 26.8 Å². The molecule has 0 aliphatic rings. The van der Waals surface area contributed by atoms with Crippen LogP contribution in [0, 0.1) is 5.82 Å². The fourth-order valence-corrected chi connectivity index (χ4v) is 3.26. The van der Waals surface area contributed by atoms with E-state index >= 15 is 0 Å². The minimum absolute atomic E-state index is 0.199. The molecule has 0 saturated carbocycles. The summed E-state index contributed by atoms with van der Waals surface area (Å²) in [5.74, 6) is -2.36. The van der Waals surface area contributed by atoms with E-state index in [2.05, 4.69) is 20.9 Å². The Morgan fingerprint density at radius 3 is 2.62 bits per heavy atom. The van der Waals surface area contributed by atoms with Gasteiger partial charge in [0, 0.05) is 10.7 Å². The number of sulfonamides is 1. The molecule has 1 aromatic carbocycles. The van der Waals surface area contributed by atoms with Crippen molar-refractivity contribution in [1.29, 1.82) is 0 Å². The third kappa shape index (κ3) is 3.19. The lowest BCUT2D eigenvalue weighted by atomic mass is 10.2. The number of carboxylic acids is 1. The molecule has 1 heterocycles. The van der Waals surface area contributed by atoms with Gasteiger partial charge in [0.05, 0.1) is 11.3 Å². The number of carbonyl (C=O) groups is 1.